The average Bonchev–Trinajstić information content (AvgIpc) is 3.17. The lowest BCUT2D eigenvalue weighted by molar-refractivity contribution is 1.06. The topological polar surface area (TPSA) is 85.4 Å². The fraction of sp³-hybridized carbons (Fsp3) is 0. The van der Waals surface area contributed by atoms with Crippen molar-refractivity contribution in [2.24, 2.45) is 0 Å². The maximum Gasteiger partial charge on any atom is 0.140 e. The summed E-state index contributed by atoms with van der Waals surface area (Å²) in [7, 11) is 0. The molecule has 0 amide bonds. The first kappa shape index (κ1) is 11.7. The molecule has 0 fully saturated rings. The third-order valence-electron chi connectivity index (χ3n) is 3.42. The molecule has 21 heavy (non-hydrogen) atoms. The van der Waals surface area contributed by atoms with Crippen molar-refractivity contribution in [3.05, 3.63) is 55.2 Å². The van der Waals surface area contributed by atoms with Gasteiger partial charge in [-0.2, -0.15) is 0 Å². The molecule has 0 saturated carbocycles. The molecule has 102 valence electrons. The van der Waals surface area contributed by atoms with Gasteiger partial charge in [0.25, 0.3) is 0 Å². The van der Waals surface area contributed by atoms with Crippen molar-refractivity contribution in [3.63, 3.8) is 0 Å². The van der Waals surface area contributed by atoms with E-state index in [1.165, 1.54) is 0 Å². The van der Waals surface area contributed by atoms with Gasteiger partial charge in [-0.25, -0.2) is 4.98 Å². The monoisotopic (exact) mass is 276 g/mol. The van der Waals surface area contributed by atoms with Crippen LogP contribution in [0.1, 0.15) is 0 Å². The second-order valence-electron chi connectivity index (χ2n) is 4.75. The van der Waals surface area contributed by atoms with E-state index in [9.17, 15) is 0 Å². The zero-order valence-electron chi connectivity index (χ0n) is 11.1. The fourth-order valence-corrected chi connectivity index (χ4v) is 2.46. The summed E-state index contributed by atoms with van der Waals surface area (Å²) >= 11 is 0. The third kappa shape index (κ3) is 1.93. The number of hydrogen-bond acceptors (Lipinski definition) is 4. The average molecular weight is 276 g/mol. The molecule has 4 rings (SSSR count). The summed E-state index contributed by atoms with van der Waals surface area (Å²) in [5, 5.41) is 8.72. The van der Waals surface area contributed by atoms with E-state index in [0.29, 0.717) is 5.82 Å². The summed E-state index contributed by atoms with van der Waals surface area (Å²) in [6.45, 7) is 0. The normalized spacial score (nSPS) is 11.0. The minimum absolute atomic E-state index is 0.495. The molecular weight excluding hydrogens is 264 g/mol. The Morgan fingerprint density at radius 1 is 1.05 bits per heavy atom. The van der Waals surface area contributed by atoms with Gasteiger partial charge < -0.3 is 10.7 Å². The lowest BCUT2D eigenvalue weighted by Gasteiger charge is -2.08. The number of nitrogens with one attached hydrogen (secondary N) is 1. The highest BCUT2D eigenvalue weighted by Gasteiger charge is 2.08. The van der Waals surface area contributed by atoms with Crippen LogP contribution in [-0.2, 0) is 0 Å². The predicted octanol–water partition coefficient (Wildman–Crippen LogP) is 2.39. The van der Waals surface area contributed by atoms with Crippen molar-refractivity contribution in [1.82, 2.24) is 24.7 Å². The number of nitrogen functional groups attached to an aromatic ring is 1. The van der Waals surface area contributed by atoms with Crippen LogP contribution in [0.4, 0.5) is 5.82 Å². The summed E-state index contributed by atoms with van der Waals surface area (Å²) in [4.78, 5) is 7.39. The Bertz CT molecular complexity index is 907. The van der Waals surface area contributed by atoms with Gasteiger partial charge in [0.2, 0.25) is 0 Å². The molecule has 0 radical (unpaired) electrons. The molecule has 0 bridgehead atoms. The second kappa shape index (κ2) is 4.45. The highest BCUT2D eigenvalue weighted by molar-refractivity contribution is 5.94. The number of nitrogens with zero attached hydrogens (tertiary/aromatic N) is 4. The largest absolute Gasteiger partial charge is 0.384 e. The van der Waals surface area contributed by atoms with Crippen LogP contribution >= 0.6 is 0 Å². The first-order chi connectivity index (χ1) is 10.3. The predicted molar refractivity (Wildman–Crippen MR) is 80.9 cm³/mol. The van der Waals surface area contributed by atoms with Crippen LogP contribution in [0.2, 0.25) is 0 Å². The molecule has 0 saturated heterocycles. The van der Waals surface area contributed by atoms with Crippen LogP contribution < -0.4 is 5.73 Å². The minimum Gasteiger partial charge on any atom is -0.384 e. The molecule has 0 aliphatic carbocycles. The van der Waals surface area contributed by atoms with Gasteiger partial charge in [0.15, 0.2) is 0 Å². The summed E-state index contributed by atoms with van der Waals surface area (Å²) in [5.41, 5.74) is 9.80. The number of rotatable bonds is 2. The molecule has 3 heterocycles. The van der Waals surface area contributed by atoms with E-state index in [-0.39, 0.29) is 0 Å². The van der Waals surface area contributed by atoms with Gasteiger partial charge in [0, 0.05) is 17.3 Å². The number of fused-ring (bicyclic) bond motifs is 1. The van der Waals surface area contributed by atoms with Crippen LogP contribution in [0, 0.1) is 0 Å². The summed E-state index contributed by atoms with van der Waals surface area (Å²) in [5.74, 6) is 0.495. The van der Waals surface area contributed by atoms with E-state index < -0.39 is 0 Å². The Labute approximate surface area is 120 Å². The maximum absolute atomic E-state index is 5.90. The van der Waals surface area contributed by atoms with E-state index in [1.54, 1.807) is 12.7 Å². The Morgan fingerprint density at radius 2 is 1.90 bits per heavy atom. The van der Waals surface area contributed by atoms with E-state index in [0.717, 1.165) is 27.8 Å². The Kier molecular flexibility index (Phi) is 2.47. The molecule has 0 spiro atoms. The zero-order valence-corrected chi connectivity index (χ0v) is 11.1. The van der Waals surface area contributed by atoms with Crippen LogP contribution in [0.3, 0.4) is 0 Å². The molecule has 0 aliphatic rings. The highest BCUT2D eigenvalue weighted by Crippen LogP contribution is 2.30. The van der Waals surface area contributed by atoms with Gasteiger partial charge in [0.1, 0.15) is 24.1 Å². The van der Waals surface area contributed by atoms with E-state index in [2.05, 4.69) is 32.3 Å². The number of anilines is 1. The lowest BCUT2D eigenvalue weighted by Crippen LogP contribution is -1.94. The van der Waals surface area contributed by atoms with Gasteiger partial charge >= 0.3 is 0 Å². The molecule has 1 aromatic carbocycles. The van der Waals surface area contributed by atoms with E-state index >= 15 is 0 Å². The number of H-pyrrole nitrogens is 1. The minimum atomic E-state index is 0.495. The van der Waals surface area contributed by atoms with Crippen molar-refractivity contribution in [1.29, 1.82) is 0 Å². The van der Waals surface area contributed by atoms with E-state index in [4.69, 9.17) is 5.73 Å². The van der Waals surface area contributed by atoms with Gasteiger partial charge in [0.05, 0.1) is 0 Å². The first-order valence-electron chi connectivity index (χ1n) is 6.50. The summed E-state index contributed by atoms with van der Waals surface area (Å²) in [6, 6.07) is 12.0. The fourth-order valence-electron chi connectivity index (χ4n) is 2.46. The van der Waals surface area contributed by atoms with Crippen LogP contribution in [0.5, 0.6) is 0 Å². The zero-order chi connectivity index (χ0) is 14.2. The van der Waals surface area contributed by atoms with Crippen molar-refractivity contribution in [2.45, 2.75) is 0 Å². The molecule has 4 aromatic rings. The lowest BCUT2D eigenvalue weighted by atomic mass is 10.0. The molecular formula is C15H12N6. The smallest absolute Gasteiger partial charge is 0.140 e. The van der Waals surface area contributed by atoms with E-state index in [1.807, 2.05) is 35.0 Å². The number of aromatic amines is 1. The van der Waals surface area contributed by atoms with Crippen molar-refractivity contribution < 1.29 is 0 Å². The molecule has 0 atom stereocenters. The Hall–Kier alpha value is -3.15. The summed E-state index contributed by atoms with van der Waals surface area (Å²) < 4.78 is 1.86. The number of benzene rings is 1. The molecule has 6 nitrogen and oxygen atoms in total. The van der Waals surface area contributed by atoms with Crippen LogP contribution in [-0.4, -0.2) is 24.7 Å². The van der Waals surface area contributed by atoms with Crippen LogP contribution in [0.25, 0.3) is 27.8 Å². The van der Waals surface area contributed by atoms with Gasteiger partial charge in [-0.15, -0.1) is 10.2 Å². The Morgan fingerprint density at radius 3 is 2.76 bits per heavy atom. The van der Waals surface area contributed by atoms with Crippen molar-refractivity contribution in [3.8, 4) is 16.8 Å². The second-order valence-corrected chi connectivity index (χ2v) is 4.75. The third-order valence-corrected chi connectivity index (χ3v) is 3.42. The SMILES string of the molecule is Nc1cc(-c2cccc(-n3cnnc3)c2)c2cc[nH]c2n1. The molecule has 0 unspecified atom stereocenters. The number of aromatic nitrogens is 5. The van der Waals surface area contributed by atoms with Gasteiger partial charge in [-0.3, -0.25) is 4.57 Å². The van der Waals surface area contributed by atoms with Gasteiger partial charge in [-0.1, -0.05) is 12.1 Å². The van der Waals surface area contributed by atoms with Crippen molar-refractivity contribution >= 4 is 16.9 Å². The highest BCUT2D eigenvalue weighted by atomic mass is 15.2. The first-order valence-corrected chi connectivity index (χ1v) is 6.50. The quantitative estimate of drug-likeness (QED) is 0.588. The molecule has 0 aliphatic heterocycles. The number of pyridine rings is 1. The summed E-state index contributed by atoms with van der Waals surface area (Å²) in [6.07, 6.45) is 5.21. The van der Waals surface area contributed by atoms with Gasteiger partial charge in [-0.05, 0) is 35.4 Å². The maximum atomic E-state index is 5.90. The van der Waals surface area contributed by atoms with Crippen LogP contribution in [0.15, 0.2) is 55.2 Å². The van der Waals surface area contributed by atoms with Crippen molar-refractivity contribution in [2.75, 3.05) is 5.73 Å². The molecule has 3 aromatic heterocycles. The number of hydrogen-bond donors (Lipinski definition) is 2. The number of nitrogens with two attached hydrogens (primary N) is 1. The Balaban J connectivity index is 1.93. The molecule has 6 heteroatoms. The molecule has 3 N–H and O–H groups in total. The standard InChI is InChI=1S/C15H12N6/c16-14-7-13(12-4-5-17-15(12)20-14)10-2-1-3-11(6-10)21-8-18-19-9-21/h1-9H,(H3,16,17,20).